The van der Waals surface area contributed by atoms with E-state index in [1.54, 1.807) is 5.57 Å². The van der Waals surface area contributed by atoms with Crippen LogP contribution in [0.4, 0.5) is 8.78 Å². The molecule has 0 amide bonds. The summed E-state index contributed by atoms with van der Waals surface area (Å²) in [4.78, 5) is 0. The number of hydrogen-bond acceptors (Lipinski definition) is 0. The Labute approximate surface area is 178 Å². The van der Waals surface area contributed by atoms with Gasteiger partial charge in [-0.25, -0.2) is 0 Å². The molecule has 0 heterocycles. The average Bonchev–Trinajstić information content (AvgIpc) is 2.73. The minimum atomic E-state index is -1.51. The summed E-state index contributed by atoms with van der Waals surface area (Å²) >= 11 is 0. The minimum absolute atomic E-state index is 0.476. The fourth-order valence-corrected chi connectivity index (χ4v) is 6.35. The molecular formula is C27H44F2. The van der Waals surface area contributed by atoms with Crippen LogP contribution in [0.3, 0.4) is 0 Å². The van der Waals surface area contributed by atoms with E-state index in [0.29, 0.717) is 18.3 Å². The Bertz CT molecular complexity index is 521. The highest BCUT2D eigenvalue weighted by Gasteiger charge is 2.25. The van der Waals surface area contributed by atoms with E-state index in [0.717, 1.165) is 42.6 Å². The highest BCUT2D eigenvalue weighted by atomic mass is 19.3. The van der Waals surface area contributed by atoms with Gasteiger partial charge < -0.3 is 0 Å². The fraction of sp³-hybridized carbons (Fsp3) is 0.852. The molecule has 0 aromatic carbocycles. The van der Waals surface area contributed by atoms with Crippen molar-refractivity contribution in [3.63, 3.8) is 0 Å². The van der Waals surface area contributed by atoms with Crippen LogP contribution in [0.15, 0.2) is 23.8 Å². The average molecular weight is 407 g/mol. The summed E-state index contributed by atoms with van der Waals surface area (Å²) < 4.78 is 24.6. The number of rotatable bonds is 7. The van der Waals surface area contributed by atoms with Crippen LogP contribution in [0.1, 0.15) is 110 Å². The van der Waals surface area contributed by atoms with Gasteiger partial charge in [-0.3, -0.25) is 0 Å². The molecule has 0 N–H and O–H groups in total. The topological polar surface area (TPSA) is 0 Å². The maximum Gasteiger partial charge on any atom is 0.266 e. The first kappa shape index (κ1) is 23.0. The van der Waals surface area contributed by atoms with Gasteiger partial charge in [0.15, 0.2) is 0 Å². The molecule has 3 rings (SSSR count). The third kappa shape index (κ3) is 7.83. The molecule has 0 bridgehead atoms. The van der Waals surface area contributed by atoms with Gasteiger partial charge in [-0.1, -0.05) is 57.1 Å². The molecule has 3 fully saturated rings. The Morgan fingerprint density at radius 1 is 0.724 bits per heavy atom. The molecule has 0 atom stereocenters. The van der Waals surface area contributed by atoms with Gasteiger partial charge in [-0.05, 0) is 106 Å². The van der Waals surface area contributed by atoms with Crippen molar-refractivity contribution >= 4 is 0 Å². The van der Waals surface area contributed by atoms with Gasteiger partial charge in [-0.2, -0.15) is 8.78 Å². The molecule has 3 aliphatic rings. The Hall–Kier alpha value is -0.660. The van der Waals surface area contributed by atoms with Gasteiger partial charge in [0, 0.05) is 0 Å². The summed E-state index contributed by atoms with van der Waals surface area (Å²) in [5.41, 5.74) is 1.63. The molecule has 0 radical (unpaired) electrons. The van der Waals surface area contributed by atoms with E-state index in [2.05, 4.69) is 19.9 Å². The summed E-state index contributed by atoms with van der Waals surface area (Å²) in [7, 11) is 0. The number of allylic oxidation sites excluding steroid dienone is 3. The predicted molar refractivity (Wildman–Crippen MR) is 120 cm³/mol. The van der Waals surface area contributed by atoms with E-state index in [9.17, 15) is 8.78 Å². The highest BCUT2D eigenvalue weighted by Crippen LogP contribution is 2.39. The largest absolute Gasteiger partial charge is 0.266 e. The molecule has 0 nitrogen and oxygen atoms in total. The molecule has 0 spiro atoms. The zero-order valence-corrected chi connectivity index (χ0v) is 19.0. The second-order valence-corrected chi connectivity index (χ2v) is 10.8. The monoisotopic (exact) mass is 406 g/mol. The Morgan fingerprint density at radius 3 is 1.79 bits per heavy atom. The van der Waals surface area contributed by atoms with E-state index in [1.807, 2.05) is 0 Å². The molecule has 2 heteroatoms. The second-order valence-electron chi connectivity index (χ2n) is 10.8. The predicted octanol–water partition coefficient (Wildman–Crippen LogP) is 9.32. The lowest BCUT2D eigenvalue weighted by atomic mass is 9.73. The first-order chi connectivity index (χ1) is 14.0. The van der Waals surface area contributed by atoms with Gasteiger partial charge in [-0.15, -0.1) is 0 Å². The van der Waals surface area contributed by atoms with Crippen molar-refractivity contribution in [2.24, 2.45) is 35.5 Å². The lowest BCUT2D eigenvalue weighted by Crippen LogP contribution is -2.19. The van der Waals surface area contributed by atoms with Crippen molar-refractivity contribution in [1.29, 1.82) is 0 Å². The standard InChI is InChI=1S/C27H44F2/c1-20-3-5-22(6-4-20)7-8-24-13-16-26(17-14-24)21(2)19-25-11-9-23(10-12-25)15-18-27(28)29/h18-20,22-26H,3-17H2,1-2H3/b21-19+. The zero-order chi connectivity index (χ0) is 20.6. The number of halogens is 2. The van der Waals surface area contributed by atoms with Crippen LogP contribution in [0.2, 0.25) is 0 Å². The van der Waals surface area contributed by atoms with Gasteiger partial charge in [0.1, 0.15) is 0 Å². The minimum Gasteiger partial charge on any atom is -0.174 e. The molecule has 3 saturated carbocycles. The maximum atomic E-state index is 12.3. The van der Waals surface area contributed by atoms with Gasteiger partial charge in [0.05, 0.1) is 0 Å². The Morgan fingerprint density at radius 2 is 1.24 bits per heavy atom. The van der Waals surface area contributed by atoms with Gasteiger partial charge in [0.25, 0.3) is 6.08 Å². The fourth-order valence-electron chi connectivity index (χ4n) is 6.35. The van der Waals surface area contributed by atoms with Crippen LogP contribution < -0.4 is 0 Å². The van der Waals surface area contributed by atoms with Crippen molar-refractivity contribution < 1.29 is 8.78 Å². The van der Waals surface area contributed by atoms with E-state index >= 15 is 0 Å². The van der Waals surface area contributed by atoms with E-state index in [4.69, 9.17) is 0 Å². The lowest BCUT2D eigenvalue weighted by molar-refractivity contribution is 0.230. The third-order valence-electron chi connectivity index (χ3n) is 8.60. The van der Waals surface area contributed by atoms with Crippen LogP contribution in [0, 0.1) is 35.5 Å². The second kappa shape index (κ2) is 11.7. The summed E-state index contributed by atoms with van der Waals surface area (Å²) in [6.45, 7) is 4.78. The summed E-state index contributed by atoms with van der Waals surface area (Å²) in [6, 6.07) is 0. The van der Waals surface area contributed by atoms with Crippen LogP contribution in [-0.4, -0.2) is 0 Å². The maximum absolute atomic E-state index is 12.3. The van der Waals surface area contributed by atoms with Gasteiger partial charge in [0.2, 0.25) is 0 Å². The summed E-state index contributed by atoms with van der Waals surface area (Å²) in [6.07, 6.45) is 21.9. The molecule has 29 heavy (non-hydrogen) atoms. The number of hydrogen-bond donors (Lipinski definition) is 0. The van der Waals surface area contributed by atoms with Crippen LogP contribution in [0.25, 0.3) is 0 Å². The summed E-state index contributed by atoms with van der Waals surface area (Å²) in [5.74, 6) is 4.96. The Balaban J connectivity index is 1.33. The third-order valence-corrected chi connectivity index (χ3v) is 8.60. The van der Waals surface area contributed by atoms with Crippen molar-refractivity contribution in [3.05, 3.63) is 23.8 Å². The SMILES string of the molecule is C/C(=C\C1CCC(CC=C(F)F)CC1)C1CCC(CCC2CCC(C)CC2)CC1. The molecule has 0 aliphatic heterocycles. The van der Waals surface area contributed by atoms with E-state index < -0.39 is 6.08 Å². The molecule has 0 unspecified atom stereocenters. The van der Waals surface area contributed by atoms with Crippen LogP contribution in [0.5, 0.6) is 0 Å². The van der Waals surface area contributed by atoms with Crippen molar-refractivity contribution in [2.45, 2.75) is 110 Å². The van der Waals surface area contributed by atoms with Crippen molar-refractivity contribution in [1.82, 2.24) is 0 Å². The van der Waals surface area contributed by atoms with Crippen molar-refractivity contribution in [3.8, 4) is 0 Å². The lowest BCUT2D eigenvalue weighted by Gasteiger charge is -2.32. The molecule has 0 aromatic heterocycles. The zero-order valence-electron chi connectivity index (χ0n) is 19.0. The normalized spacial score (nSPS) is 36.6. The van der Waals surface area contributed by atoms with Gasteiger partial charge >= 0.3 is 0 Å². The summed E-state index contributed by atoms with van der Waals surface area (Å²) in [5, 5.41) is 0. The smallest absolute Gasteiger partial charge is 0.174 e. The van der Waals surface area contributed by atoms with E-state index in [-0.39, 0.29) is 0 Å². The molecule has 0 saturated heterocycles. The van der Waals surface area contributed by atoms with Crippen molar-refractivity contribution in [2.75, 3.05) is 0 Å². The Kier molecular flexibility index (Phi) is 9.25. The highest BCUT2D eigenvalue weighted by molar-refractivity contribution is 5.08. The molecule has 3 aliphatic carbocycles. The quantitative estimate of drug-likeness (QED) is 0.369. The van der Waals surface area contributed by atoms with Crippen LogP contribution >= 0.6 is 0 Å². The first-order valence-corrected chi connectivity index (χ1v) is 12.7. The molecular weight excluding hydrogens is 362 g/mol. The molecule has 166 valence electrons. The van der Waals surface area contributed by atoms with E-state index in [1.165, 1.54) is 77.0 Å². The first-order valence-electron chi connectivity index (χ1n) is 12.7. The van der Waals surface area contributed by atoms with Crippen LogP contribution in [-0.2, 0) is 0 Å². The molecule has 0 aromatic rings.